The van der Waals surface area contributed by atoms with Crippen LogP contribution in [0.2, 0.25) is 0 Å². The van der Waals surface area contributed by atoms with Crippen molar-refractivity contribution in [1.29, 1.82) is 0 Å². The van der Waals surface area contributed by atoms with Crippen LogP contribution in [0.3, 0.4) is 0 Å². The average molecular weight is 320 g/mol. The second-order valence-corrected chi connectivity index (χ2v) is 5.67. The van der Waals surface area contributed by atoms with Crippen molar-refractivity contribution in [2.45, 2.75) is 13.8 Å². The van der Waals surface area contributed by atoms with Crippen LogP contribution in [-0.2, 0) is 4.74 Å². The highest BCUT2D eigenvalue weighted by Crippen LogP contribution is 2.29. The van der Waals surface area contributed by atoms with Crippen molar-refractivity contribution in [2.24, 2.45) is 0 Å². The molecule has 0 saturated carbocycles. The second kappa shape index (κ2) is 7.18. The smallest absolute Gasteiger partial charge is 0.338 e. The lowest BCUT2D eigenvalue weighted by Crippen LogP contribution is -2.08. The quantitative estimate of drug-likeness (QED) is 0.763. The number of fused-ring (bicyclic) bond motifs is 1. The van der Waals surface area contributed by atoms with Gasteiger partial charge in [0.1, 0.15) is 12.4 Å². The normalized spacial score (nSPS) is 13.6. The van der Waals surface area contributed by atoms with Crippen LogP contribution in [0, 0.1) is 0 Å². The Bertz CT molecular complexity index is 798. The van der Waals surface area contributed by atoms with E-state index in [9.17, 15) is 4.79 Å². The maximum Gasteiger partial charge on any atom is 0.338 e. The number of carbonyl (C=O) groups excluding carboxylic acids is 1. The number of esters is 1. The van der Waals surface area contributed by atoms with Crippen LogP contribution in [0.5, 0.6) is 5.75 Å². The molecular formula is C21H20O3. The molecule has 122 valence electrons. The molecule has 0 atom stereocenters. The first-order valence-electron chi connectivity index (χ1n) is 8.05. The Labute approximate surface area is 142 Å². The first-order chi connectivity index (χ1) is 11.7. The minimum Gasteiger partial charge on any atom is -0.488 e. The molecule has 24 heavy (non-hydrogen) atoms. The van der Waals surface area contributed by atoms with Crippen LogP contribution in [0.25, 0.3) is 12.2 Å². The van der Waals surface area contributed by atoms with E-state index in [-0.39, 0.29) is 5.97 Å². The summed E-state index contributed by atoms with van der Waals surface area (Å²) < 4.78 is 10.8. The third kappa shape index (κ3) is 3.57. The number of para-hydroxylation sites is 1. The van der Waals surface area contributed by atoms with Gasteiger partial charge in [-0.1, -0.05) is 36.4 Å². The average Bonchev–Trinajstić information content (AvgIpc) is 2.62. The highest BCUT2D eigenvalue weighted by atomic mass is 16.5. The first-order valence-corrected chi connectivity index (χ1v) is 8.05. The van der Waals surface area contributed by atoms with Crippen LogP contribution in [0.1, 0.15) is 35.3 Å². The summed E-state index contributed by atoms with van der Waals surface area (Å²) in [6, 6.07) is 15.4. The molecule has 3 rings (SSSR count). The fourth-order valence-electron chi connectivity index (χ4n) is 2.62. The minimum absolute atomic E-state index is 0.287. The fourth-order valence-corrected chi connectivity index (χ4v) is 2.62. The van der Waals surface area contributed by atoms with Gasteiger partial charge in [0.25, 0.3) is 0 Å². The van der Waals surface area contributed by atoms with Gasteiger partial charge in [0, 0.05) is 5.56 Å². The van der Waals surface area contributed by atoms with Crippen molar-refractivity contribution in [2.75, 3.05) is 13.2 Å². The Morgan fingerprint density at radius 2 is 1.92 bits per heavy atom. The van der Waals surface area contributed by atoms with Crippen LogP contribution in [-0.4, -0.2) is 19.2 Å². The molecule has 1 aliphatic heterocycles. The predicted octanol–water partition coefficient (Wildman–Crippen LogP) is 4.74. The summed E-state index contributed by atoms with van der Waals surface area (Å²) in [5.41, 5.74) is 5.02. The van der Waals surface area contributed by atoms with Crippen molar-refractivity contribution >= 4 is 18.1 Å². The Kier molecular flexibility index (Phi) is 4.80. The fraction of sp³-hybridized carbons (Fsp3) is 0.190. The van der Waals surface area contributed by atoms with Crippen molar-refractivity contribution in [3.05, 3.63) is 76.4 Å². The van der Waals surface area contributed by atoms with Crippen LogP contribution in [0.15, 0.2) is 59.7 Å². The largest absolute Gasteiger partial charge is 0.488 e. The van der Waals surface area contributed by atoms with Gasteiger partial charge in [0.2, 0.25) is 0 Å². The zero-order valence-electron chi connectivity index (χ0n) is 13.9. The molecule has 2 aromatic carbocycles. The van der Waals surface area contributed by atoms with Gasteiger partial charge >= 0.3 is 5.97 Å². The van der Waals surface area contributed by atoms with Gasteiger partial charge in [-0.3, -0.25) is 0 Å². The SMILES string of the molecule is CCOC(=O)c1ccc(/C=C(\C)C2=Cc3ccccc3OC2)cc1. The van der Waals surface area contributed by atoms with E-state index < -0.39 is 0 Å². The lowest BCUT2D eigenvalue weighted by molar-refractivity contribution is 0.0526. The third-order valence-corrected chi connectivity index (χ3v) is 3.94. The number of hydrogen-bond donors (Lipinski definition) is 0. The Balaban J connectivity index is 1.79. The molecule has 1 aliphatic rings. The van der Waals surface area contributed by atoms with Gasteiger partial charge in [0.05, 0.1) is 12.2 Å². The molecule has 0 unspecified atom stereocenters. The molecule has 0 fully saturated rings. The third-order valence-electron chi connectivity index (χ3n) is 3.94. The standard InChI is InChI=1S/C21H20O3/c1-3-23-21(22)17-10-8-16(9-11-17)12-15(2)19-13-18-6-4-5-7-20(18)24-14-19/h4-13H,3,14H2,1-2H3/b15-12+. The Morgan fingerprint density at radius 3 is 2.67 bits per heavy atom. The molecule has 0 aromatic heterocycles. The van der Waals surface area contributed by atoms with Crippen molar-refractivity contribution in [3.8, 4) is 5.75 Å². The van der Waals surface area contributed by atoms with E-state index in [1.54, 1.807) is 19.1 Å². The van der Waals surface area contributed by atoms with Gasteiger partial charge in [-0.15, -0.1) is 0 Å². The summed E-state index contributed by atoms with van der Waals surface area (Å²) in [5.74, 6) is 0.637. The zero-order valence-corrected chi connectivity index (χ0v) is 13.9. The molecule has 2 aromatic rings. The van der Waals surface area contributed by atoms with Crippen LogP contribution >= 0.6 is 0 Å². The topological polar surface area (TPSA) is 35.5 Å². The summed E-state index contributed by atoms with van der Waals surface area (Å²) in [6.45, 7) is 4.83. The van der Waals surface area contributed by atoms with Crippen molar-refractivity contribution in [3.63, 3.8) is 0 Å². The maximum absolute atomic E-state index is 11.7. The molecule has 0 saturated heterocycles. The molecule has 0 spiro atoms. The molecule has 0 aliphatic carbocycles. The number of rotatable bonds is 4. The highest BCUT2D eigenvalue weighted by Gasteiger charge is 2.12. The molecular weight excluding hydrogens is 300 g/mol. The van der Waals surface area contributed by atoms with Gasteiger partial charge in [-0.2, -0.15) is 0 Å². The summed E-state index contributed by atoms with van der Waals surface area (Å²) in [6.07, 6.45) is 4.26. The minimum atomic E-state index is -0.287. The Morgan fingerprint density at radius 1 is 1.17 bits per heavy atom. The molecule has 0 radical (unpaired) electrons. The molecule has 0 N–H and O–H groups in total. The van der Waals surface area contributed by atoms with E-state index in [1.807, 2.05) is 30.3 Å². The summed E-state index contributed by atoms with van der Waals surface area (Å²) >= 11 is 0. The lowest BCUT2D eigenvalue weighted by Gasteiger charge is -2.18. The van der Waals surface area contributed by atoms with E-state index in [1.165, 1.54) is 0 Å². The molecule has 3 heteroatoms. The van der Waals surface area contributed by atoms with Crippen molar-refractivity contribution < 1.29 is 14.3 Å². The molecule has 0 bridgehead atoms. The van der Waals surface area contributed by atoms with Gasteiger partial charge in [-0.25, -0.2) is 4.79 Å². The molecule has 3 nitrogen and oxygen atoms in total. The van der Waals surface area contributed by atoms with Crippen LogP contribution in [0.4, 0.5) is 0 Å². The van der Waals surface area contributed by atoms with E-state index in [0.717, 1.165) is 28.0 Å². The van der Waals surface area contributed by atoms with Crippen molar-refractivity contribution in [1.82, 2.24) is 0 Å². The first kappa shape index (κ1) is 16.1. The number of ether oxygens (including phenoxy) is 2. The lowest BCUT2D eigenvalue weighted by atomic mass is 10.00. The Hall–Kier alpha value is -2.81. The van der Waals surface area contributed by atoms with Crippen LogP contribution < -0.4 is 4.74 Å². The van der Waals surface area contributed by atoms with E-state index in [0.29, 0.717) is 18.8 Å². The summed E-state index contributed by atoms with van der Waals surface area (Å²) in [5, 5.41) is 0. The van der Waals surface area contributed by atoms with E-state index >= 15 is 0 Å². The van der Waals surface area contributed by atoms with Gasteiger partial charge in [-0.05, 0) is 54.8 Å². The molecule has 1 heterocycles. The molecule has 0 amide bonds. The summed E-state index contributed by atoms with van der Waals surface area (Å²) in [4.78, 5) is 11.7. The zero-order chi connectivity index (χ0) is 16.9. The number of benzene rings is 2. The summed E-state index contributed by atoms with van der Waals surface area (Å²) in [7, 11) is 0. The predicted molar refractivity (Wildman–Crippen MR) is 96.0 cm³/mol. The van der Waals surface area contributed by atoms with E-state index in [4.69, 9.17) is 9.47 Å². The highest BCUT2D eigenvalue weighted by molar-refractivity contribution is 5.89. The number of carbonyl (C=O) groups is 1. The van der Waals surface area contributed by atoms with E-state index in [2.05, 4.69) is 25.1 Å². The number of hydrogen-bond acceptors (Lipinski definition) is 3. The maximum atomic E-state index is 11.7. The monoisotopic (exact) mass is 320 g/mol. The van der Waals surface area contributed by atoms with Gasteiger partial charge in [0.15, 0.2) is 0 Å². The second-order valence-electron chi connectivity index (χ2n) is 5.67. The van der Waals surface area contributed by atoms with Gasteiger partial charge < -0.3 is 9.47 Å².